The topological polar surface area (TPSA) is 42.0 Å². The lowest BCUT2D eigenvalue weighted by molar-refractivity contribution is 0.102. The molecule has 0 fully saturated rings. The maximum atomic E-state index is 14.4. The number of carbonyl (C=O) groups excluding carboxylic acids is 1. The Bertz CT molecular complexity index is 894. The van der Waals surface area contributed by atoms with Crippen LogP contribution in [0.25, 0.3) is 11.3 Å². The Hall–Kier alpha value is -2.72. The van der Waals surface area contributed by atoms with Gasteiger partial charge in [0.05, 0.1) is 16.3 Å². The number of nitrogens with zero attached hydrogens (tertiary/aromatic N) is 1. The Morgan fingerprint density at radius 2 is 1.88 bits per heavy atom. The van der Waals surface area contributed by atoms with Gasteiger partial charge in [-0.05, 0) is 43.3 Å². The average molecular weight is 341 g/mol. The summed E-state index contributed by atoms with van der Waals surface area (Å²) in [6, 6.07) is 15.0. The van der Waals surface area contributed by atoms with Gasteiger partial charge in [-0.15, -0.1) is 0 Å². The molecule has 1 aromatic heterocycles. The van der Waals surface area contributed by atoms with Crippen molar-refractivity contribution in [2.75, 3.05) is 5.32 Å². The van der Waals surface area contributed by atoms with Crippen LogP contribution in [0.1, 0.15) is 15.9 Å². The van der Waals surface area contributed by atoms with E-state index in [0.717, 1.165) is 5.56 Å². The molecule has 0 unspecified atom stereocenters. The van der Waals surface area contributed by atoms with Crippen LogP contribution < -0.4 is 5.32 Å². The highest BCUT2D eigenvalue weighted by molar-refractivity contribution is 6.33. The lowest BCUT2D eigenvalue weighted by Crippen LogP contribution is -2.13. The molecule has 2 aromatic carbocycles. The number of carbonyl (C=O) groups is 1. The van der Waals surface area contributed by atoms with Crippen LogP contribution in [0.2, 0.25) is 5.02 Å². The normalized spacial score (nSPS) is 10.5. The summed E-state index contributed by atoms with van der Waals surface area (Å²) in [4.78, 5) is 16.4. The van der Waals surface area contributed by atoms with Crippen molar-refractivity contribution >= 4 is 23.2 Å². The van der Waals surface area contributed by atoms with Gasteiger partial charge in [-0.25, -0.2) is 4.39 Å². The number of anilines is 1. The molecule has 0 radical (unpaired) electrons. The molecule has 0 aliphatic rings. The minimum absolute atomic E-state index is 0.0358. The van der Waals surface area contributed by atoms with Crippen LogP contribution in [0.4, 0.5) is 10.1 Å². The molecule has 5 heteroatoms. The van der Waals surface area contributed by atoms with E-state index in [1.54, 1.807) is 36.5 Å². The number of aromatic nitrogens is 1. The molecule has 1 heterocycles. The molecule has 0 aliphatic carbocycles. The van der Waals surface area contributed by atoms with Gasteiger partial charge in [0.2, 0.25) is 0 Å². The first kappa shape index (κ1) is 16.1. The van der Waals surface area contributed by atoms with Crippen LogP contribution >= 0.6 is 11.6 Å². The van der Waals surface area contributed by atoms with E-state index < -0.39 is 11.7 Å². The van der Waals surface area contributed by atoms with Gasteiger partial charge in [0.15, 0.2) is 0 Å². The molecule has 1 N–H and O–H groups in total. The molecule has 3 nitrogen and oxygen atoms in total. The Kier molecular flexibility index (Phi) is 4.58. The molecule has 0 saturated carbocycles. The zero-order chi connectivity index (χ0) is 17.1. The van der Waals surface area contributed by atoms with Gasteiger partial charge < -0.3 is 5.32 Å². The van der Waals surface area contributed by atoms with Gasteiger partial charge in [0.25, 0.3) is 5.91 Å². The largest absolute Gasteiger partial charge is 0.322 e. The van der Waals surface area contributed by atoms with Crippen molar-refractivity contribution in [3.05, 3.63) is 82.8 Å². The van der Waals surface area contributed by atoms with Gasteiger partial charge >= 0.3 is 0 Å². The summed E-state index contributed by atoms with van der Waals surface area (Å²) in [5.41, 5.74) is 2.65. The van der Waals surface area contributed by atoms with E-state index in [4.69, 9.17) is 11.6 Å². The van der Waals surface area contributed by atoms with Crippen molar-refractivity contribution in [1.29, 1.82) is 0 Å². The van der Waals surface area contributed by atoms with Crippen LogP contribution in [-0.4, -0.2) is 10.9 Å². The molecule has 0 atom stereocenters. The van der Waals surface area contributed by atoms with E-state index >= 15 is 0 Å². The quantitative estimate of drug-likeness (QED) is 0.720. The minimum Gasteiger partial charge on any atom is -0.322 e. The summed E-state index contributed by atoms with van der Waals surface area (Å²) in [6.07, 6.45) is 1.58. The van der Waals surface area contributed by atoms with E-state index in [1.165, 1.54) is 12.1 Å². The molecule has 24 heavy (non-hydrogen) atoms. The predicted molar refractivity (Wildman–Crippen MR) is 93.8 cm³/mol. The summed E-state index contributed by atoms with van der Waals surface area (Å²) >= 11 is 6.07. The fourth-order valence-corrected chi connectivity index (χ4v) is 2.51. The summed E-state index contributed by atoms with van der Waals surface area (Å²) in [7, 11) is 0. The van der Waals surface area contributed by atoms with Crippen LogP contribution in [0, 0.1) is 12.7 Å². The van der Waals surface area contributed by atoms with Gasteiger partial charge in [0.1, 0.15) is 5.82 Å². The molecular weight excluding hydrogens is 327 g/mol. The Morgan fingerprint density at radius 3 is 2.54 bits per heavy atom. The first-order chi connectivity index (χ1) is 11.5. The molecule has 1 amide bonds. The number of halogens is 2. The molecule has 0 aliphatic heterocycles. The zero-order valence-corrected chi connectivity index (χ0v) is 13.6. The molecule has 0 bridgehead atoms. The highest BCUT2D eigenvalue weighted by Gasteiger charge is 2.14. The third-order valence-corrected chi connectivity index (χ3v) is 3.86. The standard InChI is InChI=1S/C19H14ClFN2O/c1-12-4-7-14(8-5-12)23-19(24)15-9-6-13(11-17(15)21)18-16(20)3-2-10-22-18/h2-11H,1H3,(H,23,24). The maximum absolute atomic E-state index is 14.4. The number of pyridine rings is 1. The number of nitrogens with one attached hydrogen (secondary N) is 1. The number of hydrogen-bond acceptors (Lipinski definition) is 2. The van der Waals surface area contributed by atoms with Gasteiger partial charge in [-0.1, -0.05) is 35.4 Å². The smallest absolute Gasteiger partial charge is 0.258 e. The summed E-state index contributed by atoms with van der Waals surface area (Å²) < 4.78 is 14.4. The number of aryl methyl sites for hydroxylation is 1. The van der Waals surface area contributed by atoms with E-state index in [0.29, 0.717) is 22.0 Å². The van der Waals surface area contributed by atoms with Crippen molar-refractivity contribution in [1.82, 2.24) is 4.98 Å². The number of hydrogen-bond donors (Lipinski definition) is 1. The van der Waals surface area contributed by atoms with Crippen LogP contribution in [0.15, 0.2) is 60.8 Å². The molecule has 3 aromatic rings. The highest BCUT2D eigenvalue weighted by Crippen LogP contribution is 2.26. The van der Waals surface area contributed by atoms with E-state index in [1.807, 2.05) is 19.1 Å². The van der Waals surface area contributed by atoms with Crippen molar-refractivity contribution in [3.8, 4) is 11.3 Å². The second-order valence-corrected chi connectivity index (χ2v) is 5.76. The fraction of sp³-hybridized carbons (Fsp3) is 0.0526. The third kappa shape index (κ3) is 3.44. The van der Waals surface area contributed by atoms with Crippen LogP contribution in [-0.2, 0) is 0 Å². The molecule has 0 saturated heterocycles. The fourth-order valence-electron chi connectivity index (χ4n) is 2.28. The van der Waals surface area contributed by atoms with E-state index in [-0.39, 0.29) is 5.56 Å². The molecule has 3 rings (SSSR count). The van der Waals surface area contributed by atoms with Gasteiger partial charge in [0, 0.05) is 17.4 Å². The second kappa shape index (κ2) is 6.81. The van der Waals surface area contributed by atoms with Crippen molar-refractivity contribution in [3.63, 3.8) is 0 Å². The van der Waals surface area contributed by atoms with Crippen molar-refractivity contribution < 1.29 is 9.18 Å². The first-order valence-corrected chi connectivity index (χ1v) is 7.71. The number of rotatable bonds is 3. The number of amides is 1. The summed E-state index contributed by atoms with van der Waals surface area (Å²) in [5, 5.41) is 3.10. The average Bonchev–Trinajstić information content (AvgIpc) is 2.57. The second-order valence-electron chi connectivity index (χ2n) is 5.35. The minimum atomic E-state index is -0.626. The summed E-state index contributed by atoms with van der Waals surface area (Å²) in [6.45, 7) is 1.95. The van der Waals surface area contributed by atoms with Gasteiger partial charge in [-0.3, -0.25) is 9.78 Å². The Morgan fingerprint density at radius 1 is 1.12 bits per heavy atom. The van der Waals surface area contributed by atoms with E-state index in [2.05, 4.69) is 10.3 Å². The molecule has 120 valence electrons. The predicted octanol–water partition coefficient (Wildman–Crippen LogP) is 5.10. The molecular formula is C19H14ClFN2O. The van der Waals surface area contributed by atoms with Gasteiger partial charge in [-0.2, -0.15) is 0 Å². The van der Waals surface area contributed by atoms with Crippen LogP contribution in [0.5, 0.6) is 0 Å². The highest BCUT2D eigenvalue weighted by atomic mass is 35.5. The summed E-state index contributed by atoms with van der Waals surface area (Å²) in [5.74, 6) is -1.13. The maximum Gasteiger partial charge on any atom is 0.258 e. The first-order valence-electron chi connectivity index (χ1n) is 7.33. The number of benzene rings is 2. The third-order valence-electron chi connectivity index (χ3n) is 3.56. The van der Waals surface area contributed by atoms with E-state index in [9.17, 15) is 9.18 Å². The Labute approximate surface area is 144 Å². The van der Waals surface area contributed by atoms with Crippen molar-refractivity contribution in [2.24, 2.45) is 0 Å². The molecule has 0 spiro atoms. The zero-order valence-electron chi connectivity index (χ0n) is 12.9. The lowest BCUT2D eigenvalue weighted by atomic mass is 10.1. The Balaban J connectivity index is 1.86. The SMILES string of the molecule is Cc1ccc(NC(=O)c2ccc(-c3ncccc3Cl)cc2F)cc1. The van der Waals surface area contributed by atoms with Crippen LogP contribution in [0.3, 0.4) is 0 Å². The lowest BCUT2D eigenvalue weighted by Gasteiger charge is -2.08. The monoisotopic (exact) mass is 340 g/mol. The van der Waals surface area contributed by atoms with Crippen molar-refractivity contribution in [2.45, 2.75) is 6.92 Å².